The van der Waals surface area contributed by atoms with Crippen molar-refractivity contribution in [3.05, 3.63) is 36.5 Å². The number of aliphatic hydroxyl groups is 2. The van der Waals surface area contributed by atoms with E-state index in [1.54, 1.807) is 0 Å². The molecule has 490 valence electrons. The summed E-state index contributed by atoms with van der Waals surface area (Å²) in [5.41, 5.74) is 0. The molecule has 0 aromatic carbocycles. The largest absolute Gasteiger partial charge is 0.466 e. The lowest BCUT2D eigenvalue weighted by atomic mass is 10.0. The molecule has 0 aromatic heterocycles. The number of amides is 1. The fourth-order valence-electron chi connectivity index (χ4n) is 11.9. The topological polar surface area (TPSA) is 95.9 Å². The van der Waals surface area contributed by atoms with Crippen LogP contribution in [0.1, 0.15) is 418 Å². The molecule has 0 heterocycles. The maximum absolute atomic E-state index is 12.6. The summed E-state index contributed by atoms with van der Waals surface area (Å²) in [4.78, 5) is 24.7. The van der Waals surface area contributed by atoms with Crippen LogP contribution in [0.4, 0.5) is 0 Å². The molecule has 0 fully saturated rings. The molecule has 0 rings (SSSR count). The highest BCUT2D eigenvalue weighted by Gasteiger charge is 2.20. The van der Waals surface area contributed by atoms with Gasteiger partial charge in [0.2, 0.25) is 5.91 Å². The average Bonchev–Trinajstić information content (AvgIpc) is 3.49. The number of hydrogen-bond acceptors (Lipinski definition) is 5. The summed E-state index contributed by atoms with van der Waals surface area (Å²) in [6.45, 7) is 4.99. The van der Waals surface area contributed by atoms with Crippen molar-refractivity contribution in [2.45, 2.75) is 431 Å². The van der Waals surface area contributed by atoms with E-state index >= 15 is 0 Å². The van der Waals surface area contributed by atoms with E-state index in [1.807, 2.05) is 0 Å². The number of carbonyl (C=O) groups is 2. The van der Waals surface area contributed by atoms with Crippen LogP contribution >= 0.6 is 0 Å². The van der Waals surface area contributed by atoms with Crippen molar-refractivity contribution in [1.82, 2.24) is 5.32 Å². The highest BCUT2D eigenvalue weighted by atomic mass is 16.5. The van der Waals surface area contributed by atoms with Gasteiger partial charge in [-0.3, -0.25) is 9.59 Å². The molecule has 0 aliphatic rings. The Bertz CT molecular complexity index is 1340. The third-order valence-electron chi connectivity index (χ3n) is 17.7. The van der Waals surface area contributed by atoms with Crippen molar-refractivity contribution >= 4 is 11.9 Å². The Kier molecular flexibility index (Phi) is 70.9. The minimum absolute atomic E-state index is 0.00853. The lowest BCUT2D eigenvalue weighted by Gasteiger charge is -2.22. The van der Waals surface area contributed by atoms with Crippen molar-refractivity contribution in [2.75, 3.05) is 13.2 Å². The fourth-order valence-corrected chi connectivity index (χ4v) is 11.9. The molecule has 0 aromatic rings. The first-order chi connectivity index (χ1) is 41.0. The van der Waals surface area contributed by atoms with E-state index in [-0.39, 0.29) is 18.5 Å². The molecule has 2 atom stereocenters. The predicted molar refractivity (Wildman–Crippen MR) is 366 cm³/mol. The second kappa shape index (κ2) is 72.6. The zero-order chi connectivity index (χ0) is 59.9. The molecule has 6 nitrogen and oxygen atoms in total. The normalized spacial score (nSPS) is 12.7. The molecular formula is C77H147NO5. The van der Waals surface area contributed by atoms with E-state index in [4.69, 9.17) is 4.74 Å². The van der Waals surface area contributed by atoms with Crippen LogP contribution in [0, 0.1) is 0 Å². The quantitative estimate of drug-likeness (QED) is 0.0320. The fraction of sp³-hybridized carbons (Fsp3) is 0.896. The second-order valence-corrected chi connectivity index (χ2v) is 26.0. The third-order valence-corrected chi connectivity index (χ3v) is 17.7. The summed E-state index contributed by atoms with van der Waals surface area (Å²) in [5, 5.41) is 23.4. The Balaban J connectivity index is 3.41. The van der Waals surface area contributed by atoms with Crippen LogP contribution in [-0.2, 0) is 14.3 Å². The van der Waals surface area contributed by atoms with Gasteiger partial charge >= 0.3 is 5.97 Å². The molecule has 0 aliphatic heterocycles. The number of esters is 1. The number of rotatable bonds is 71. The summed E-state index contributed by atoms with van der Waals surface area (Å²) >= 11 is 0. The van der Waals surface area contributed by atoms with Crippen LogP contribution in [0.25, 0.3) is 0 Å². The smallest absolute Gasteiger partial charge is 0.305 e. The molecule has 3 N–H and O–H groups in total. The average molecular weight is 1170 g/mol. The first kappa shape index (κ1) is 81.1. The minimum Gasteiger partial charge on any atom is -0.466 e. The summed E-state index contributed by atoms with van der Waals surface area (Å²) in [5.74, 6) is -0.0254. The minimum atomic E-state index is -0.668. The van der Waals surface area contributed by atoms with Gasteiger partial charge in [-0.05, 0) is 83.5 Å². The Morgan fingerprint density at radius 2 is 0.602 bits per heavy atom. The molecule has 2 unspecified atom stereocenters. The summed E-state index contributed by atoms with van der Waals surface area (Å²) < 4.78 is 5.50. The van der Waals surface area contributed by atoms with Gasteiger partial charge in [-0.2, -0.15) is 0 Å². The van der Waals surface area contributed by atoms with Crippen molar-refractivity contribution in [2.24, 2.45) is 0 Å². The van der Waals surface area contributed by atoms with Gasteiger partial charge in [-0.1, -0.05) is 359 Å². The van der Waals surface area contributed by atoms with Crippen molar-refractivity contribution in [3.8, 4) is 0 Å². The van der Waals surface area contributed by atoms with Crippen LogP contribution < -0.4 is 5.32 Å². The molecule has 0 aliphatic carbocycles. The monoisotopic (exact) mass is 1170 g/mol. The van der Waals surface area contributed by atoms with Gasteiger partial charge in [-0.15, -0.1) is 0 Å². The van der Waals surface area contributed by atoms with Gasteiger partial charge in [0.1, 0.15) is 0 Å². The Labute approximate surface area is 519 Å². The Hall–Kier alpha value is -1.92. The van der Waals surface area contributed by atoms with Gasteiger partial charge in [0, 0.05) is 12.8 Å². The van der Waals surface area contributed by atoms with Gasteiger partial charge < -0.3 is 20.3 Å². The number of unbranched alkanes of at least 4 members (excludes halogenated alkanes) is 54. The van der Waals surface area contributed by atoms with E-state index in [0.29, 0.717) is 25.9 Å². The van der Waals surface area contributed by atoms with E-state index in [2.05, 4.69) is 55.6 Å². The molecule has 0 radical (unpaired) electrons. The number of allylic oxidation sites excluding steroid dienone is 6. The Morgan fingerprint density at radius 3 is 0.928 bits per heavy atom. The first-order valence-electron chi connectivity index (χ1n) is 37.7. The highest BCUT2D eigenvalue weighted by molar-refractivity contribution is 5.76. The van der Waals surface area contributed by atoms with Crippen molar-refractivity contribution < 1.29 is 24.5 Å². The number of aliphatic hydroxyl groups excluding tert-OH is 2. The van der Waals surface area contributed by atoms with Crippen LogP contribution in [-0.4, -0.2) is 47.4 Å². The van der Waals surface area contributed by atoms with Gasteiger partial charge in [0.25, 0.3) is 0 Å². The predicted octanol–water partition coefficient (Wildman–Crippen LogP) is 24.7. The number of hydrogen-bond donors (Lipinski definition) is 3. The molecule has 0 spiro atoms. The van der Waals surface area contributed by atoms with E-state index in [0.717, 1.165) is 51.4 Å². The number of nitrogens with one attached hydrogen (secondary N) is 1. The maximum atomic E-state index is 12.6. The second-order valence-electron chi connectivity index (χ2n) is 26.0. The SMILES string of the molecule is CCCCCCCCC/C=C\CCCCCCCCCC(=O)OCCCCCCCCCCC/C=C\C/C=C\CCCCCCCCCCCCCC(=O)NC(CO)C(O)CCCCCCCCCCCCCCCCCCCCCCC. The van der Waals surface area contributed by atoms with Gasteiger partial charge in [-0.25, -0.2) is 0 Å². The highest BCUT2D eigenvalue weighted by Crippen LogP contribution is 2.19. The number of ether oxygens (including phenoxy) is 1. The third kappa shape index (κ3) is 69.1. The van der Waals surface area contributed by atoms with E-state index < -0.39 is 12.1 Å². The Morgan fingerprint density at radius 1 is 0.337 bits per heavy atom. The standard InChI is InChI=1S/C77H147NO5/c1-3-5-7-9-11-13-15-17-19-21-23-31-34-37-41-45-49-53-57-61-65-69-75(80)74(73-79)78-76(81)70-66-62-58-54-50-46-42-38-35-32-29-27-25-24-26-28-30-33-36-40-44-48-52-56-60-64-68-72-83-77(82)71-67-63-59-55-51-47-43-39-22-20-18-16-14-12-10-8-6-4-2/h20,22,24-25,28,30,74-75,79-80H,3-19,21,23,26-27,29,31-73H2,1-2H3,(H,78,81)/b22-20-,25-24-,30-28-. The molecule has 0 saturated carbocycles. The molecule has 83 heavy (non-hydrogen) atoms. The van der Waals surface area contributed by atoms with Crippen LogP contribution in [0.3, 0.4) is 0 Å². The lowest BCUT2D eigenvalue weighted by molar-refractivity contribution is -0.143. The van der Waals surface area contributed by atoms with E-state index in [1.165, 1.54) is 334 Å². The molecule has 1 amide bonds. The molecular weight excluding hydrogens is 1020 g/mol. The molecule has 0 saturated heterocycles. The summed E-state index contributed by atoms with van der Waals surface area (Å²) in [6, 6.07) is -0.546. The molecule has 0 bridgehead atoms. The van der Waals surface area contributed by atoms with E-state index in [9.17, 15) is 19.8 Å². The zero-order valence-corrected chi connectivity index (χ0v) is 56.2. The van der Waals surface area contributed by atoms with Crippen LogP contribution in [0.5, 0.6) is 0 Å². The summed E-state index contributed by atoms with van der Waals surface area (Å²) in [7, 11) is 0. The summed E-state index contributed by atoms with van der Waals surface area (Å²) in [6.07, 6.45) is 93.5. The van der Waals surface area contributed by atoms with Crippen LogP contribution in [0.15, 0.2) is 36.5 Å². The lowest BCUT2D eigenvalue weighted by Crippen LogP contribution is -2.45. The van der Waals surface area contributed by atoms with Crippen molar-refractivity contribution in [3.63, 3.8) is 0 Å². The van der Waals surface area contributed by atoms with Gasteiger partial charge in [0.15, 0.2) is 0 Å². The van der Waals surface area contributed by atoms with Crippen LogP contribution in [0.2, 0.25) is 0 Å². The molecule has 6 heteroatoms. The first-order valence-corrected chi connectivity index (χ1v) is 37.7. The maximum Gasteiger partial charge on any atom is 0.305 e. The van der Waals surface area contributed by atoms with Gasteiger partial charge in [0.05, 0.1) is 25.4 Å². The zero-order valence-electron chi connectivity index (χ0n) is 56.2. The number of carbonyl (C=O) groups excluding carboxylic acids is 2. The van der Waals surface area contributed by atoms with Crippen molar-refractivity contribution in [1.29, 1.82) is 0 Å².